The number of hydrogen-bond donors (Lipinski definition) is 0. The van der Waals surface area contributed by atoms with Crippen molar-refractivity contribution in [2.45, 2.75) is 25.3 Å². The molecule has 0 spiro atoms. The number of nitrogens with zero attached hydrogens (tertiary/aromatic N) is 5. The van der Waals surface area contributed by atoms with Gasteiger partial charge in [-0.3, -0.25) is 9.59 Å². The van der Waals surface area contributed by atoms with Gasteiger partial charge in [0.05, 0.1) is 7.11 Å². The first-order chi connectivity index (χ1) is 14.2. The number of rotatable bonds is 6. The van der Waals surface area contributed by atoms with Gasteiger partial charge in [-0.1, -0.05) is 30.3 Å². The van der Waals surface area contributed by atoms with Crippen LogP contribution in [0.15, 0.2) is 54.9 Å². The fourth-order valence-electron chi connectivity index (χ4n) is 3.71. The highest BCUT2D eigenvalue weighted by Crippen LogP contribution is 2.27. The Balaban J connectivity index is 1.55. The average molecular weight is 391 g/mol. The maximum absolute atomic E-state index is 13.2. The lowest BCUT2D eigenvalue weighted by Gasteiger charge is -2.25. The lowest BCUT2D eigenvalue weighted by Crippen LogP contribution is -2.37. The third-order valence-electron chi connectivity index (χ3n) is 5.18. The number of amides is 1. The van der Waals surface area contributed by atoms with Gasteiger partial charge in [0.15, 0.2) is 5.78 Å². The SMILES string of the molecule is COc1ccc(C(=O)N2CCCC2CC(=O)c2ccccc2)cc1-n1cnnn1. The molecule has 0 bridgehead atoms. The smallest absolute Gasteiger partial charge is 0.254 e. The summed E-state index contributed by atoms with van der Waals surface area (Å²) in [6.45, 7) is 0.637. The summed E-state index contributed by atoms with van der Waals surface area (Å²) >= 11 is 0. The minimum absolute atomic E-state index is 0.0550. The molecule has 0 N–H and O–H groups in total. The monoisotopic (exact) mass is 391 g/mol. The van der Waals surface area contributed by atoms with Gasteiger partial charge >= 0.3 is 0 Å². The molecule has 3 aromatic rings. The van der Waals surface area contributed by atoms with Crippen LogP contribution >= 0.6 is 0 Å². The van der Waals surface area contributed by atoms with Crippen molar-refractivity contribution in [3.63, 3.8) is 0 Å². The average Bonchev–Trinajstić information content (AvgIpc) is 3.45. The van der Waals surface area contributed by atoms with E-state index in [0.29, 0.717) is 35.5 Å². The van der Waals surface area contributed by atoms with Gasteiger partial charge in [-0.2, -0.15) is 4.68 Å². The van der Waals surface area contributed by atoms with Gasteiger partial charge < -0.3 is 9.64 Å². The van der Waals surface area contributed by atoms with Crippen molar-refractivity contribution in [3.05, 3.63) is 66.0 Å². The van der Waals surface area contributed by atoms with Gasteiger partial charge in [0.25, 0.3) is 5.91 Å². The zero-order valence-electron chi connectivity index (χ0n) is 16.1. The normalized spacial score (nSPS) is 16.0. The second-order valence-electron chi connectivity index (χ2n) is 6.93. The number of ketones is 1. The van der Waals surface area contributed by atoms with Crippen LogP contribution in [0.2, 0.25) is 0 Å². The van der Waals surface area contributed by atoms with Gasteiger partial charge in [-0.25, -0.2) is 0 Å². The molecule has 2 heterocycles. The van der Waals surface area contributed by atoms with Crippen LogP contribution < -0.4 is 4.74 Å². The number of ether oxygens (including phenoxy) is 1. The van der Waals surface area contributed by atoms with Crippen molar-refractivity contribution >= 4 is 11.7 Å². The zero-order chi connectivity index (χ0) is 20.2. The molecule has 1 saturated heterocycles. The van der Waals surface area contributed by atoms with E-state index in [-0.39, 0.29) is 17.7 Å². The van der Waals surface area contributed by atoms with E-state index >= 15 is 0 Å². The molecular weight excluding hydrogens is 370 g/mol. The topological polar surface area (TPSA) is 90.2 Å². The predicted molar refractivity (Wildman–Crippen MR) is 105 cm³/mol. The van der Waals surface area contributed by atoms with E-state index in [1.54, 1.807) is 30.2 Å². The van der Waals surface area contributed by atoms with E-state index in [1.165, 1.54) is 11.0 Å². The molecule has 1 aliphatic heterocycles. The van der Waals surface area contributed by atoms with E-state index in [4.69, 9.17) is 4.74 Å². The molecule has 1 aromatic heterocycles. The molecule has 2 aromatic carbocycles. The molecule has 8 heteroatoms. The molecule has 1 amide bonds. The number of benzene rings is 2. The second kappa shape index (κ2) is 8.22. The van der Waals surface area contributed by atoms with E-state index in [1.807, 2.05) is 30.3 Å². The molecule has 148 valence electrons. The third-order valence-corrected chi connectivity index (χ3v) is 5.18. The van der Waals surface area contributed by atoms with Crippen LogP contribution in [0, 0.1) is 0 Å². The van der Waals surface area contributed by atoms with Crippen molar-refractivity contribution in [2.75, 3.05) is 13.7 Å². The van der Waals surface area contributed by atoms with Crippen LogP contribution in [0.4, 0.5) is 0 Å². The summed E-state index contributed by atoms with van der Waals surface area (Å²) in [7, 11) is 1.55. The van der Waals surface area contributed by atoms with Crippen LogP contribution in [0.3, 0.4) is 0 Å². The summed E-state index contributed by atoms with van der Waals surface area (Å²) < 4.78 is 6.82. The van der Waals surface area contributed by atoms with Crippen LogP contribution in [0.25, 0.3) is 5.69 Å². The summed E-state index contributed by atoms with van der Waals surface area (Å²) in [6, 6.07) is 14.3. The molecule has 4 rings (SSSR count). The highest BCUT2D eigenvalue weighted by atomic mass is 16.5. The Morgan fingerprint density at radius 1 is 1.14 bits per heavy atom. The number of carbonyl (C=O) groups excluding carboxylic acids is 2. The maximum atomic E-state index is 13.2. The standard InChI is InChI=1S/C21H21N5O3/c1-29-20-10-9-16(12-18(20)26-14-22-23-24-26)21(28)25-11-5-8-17(25)13-19(27)15-6-3-2-4-7-15/h2-4,6-7,9-10,12,14,17H,5,8,11,13H2,1H3. The van der Waals surface area contributed by atoms with E-state index in [0.717, 1.165) is 12.8 Å². The summed E-state index contributed by atoms with van der Waals surface area (Å²) in [4.78, 5) is 27.6. The van der Waals surface area contributed by atoms with E-state index < -0.39 is 0 Å². The van der Waals surface area contributed by atoms with Crippen LogP contribution in [-0.2, 0) is 0 Å². The molecule has 0 saturated carbocycles. The van der Waals surface area contributed by atoms with Crippen LogP contribution in [0.1, 0.15) is 40.0 Å². The van der Waals surface area contributed by atoms with Gasteiger partial charge in [-0.05, 0) is 41.5 Å². The Morgan fingerprint density at radius 2 is 1.97 bits per heavy atom. The molecule has 1 unspecified atom stereocenters. The molecule has 0 aliphatic carbocycles. The van der Waals surface area contributed by atoms with Gasteiger partial charge in [0, 0.05) is 30.1 Å². The quantitative estimate of drug-likeness (QED) is 0.600. The fourth-order valence-corrected chi connectivity index (χ4v) is 3.71. The number of carbonyl (C=O) groups is 2. The Hall–Kier alpha value is -3.55. The maximum Gasteiger partial charge on any atom is 0.254 e. The highest BCUT2D eigenvalue weighted by Gasteiger charge is 2.31. The van der Waals surface area contributed by atoms with Crippen LogP contribution in [-0.4, -0.2) is 56.5 Å². The molecule has 1 fully saturated rings. The molecule has 8 nitrogen and oxygen atoms in total. The number of likely N-dealkylation sites (tertiary alicyclic amines) is 1. The fraction of sp³-hybridized carbons (Fsp3) is 0.286. The van der Waals surface area contributed by atoms with Gasteiger partial charge in [0.2, 0.25) is 0 Å². The molecule has 29 heavy (non-hydrogen) atoms. The Bertz CT molecular complexity index is 1000. The Kier molecular flexibility index (Phi) is 5.33. The minimum atomic E-state index is -0.106. The number of aromatic nitrogens is 4. The number of Topliss-reactive ketones (excluding diaryl/α,β-unsaturated/α-hetero) is 1. The van der Waals surface area contributed by atoms with E-state index in [2.05, 4.69) is 15.5 Å². The molecular formula is C21H21N5O3. The summed E-state index contributed by atoms with van der Waals surface area (Å²) in [5, 5.41) is 11.2. The summed E-state index contributed by atoms with van der Waals surface area (Å²) in [6.07, 6.45) is 3.48. The zero-order valence-corrected chi connectivity index (χ0v) is 16.1. The second-order valence-corrected chi connectivity index (χ2v) is 6.93. The minimum Gasteiger partial charge on any atom is -0.494 e. The van der Waals surface area contributed by atoms with Crippen molar-refractivity contribution in [1.29, 1.82) is 0 Å². The Labute approximate surface area is 168 Å². The molecule has 1 atom stereocenters. The first kappa shape index (κ1) is 18.8. The molecule has 0 radical (unpaired) electrons. The summed E-state index contributed by atoms with van der Waals surface area (Å²) in [5.74, 6) is 0.510. The van der Waals surface area contributed by atoms with Crippen molar-refractivity contribution in [3.8, 4) is 11.4 Å². The molecule has 1 aliphatic rings. The van der Waals surface area contributed by atoms with Crippen LogP contribution in [0.5, 0.6) is 5.75 Å². The van der Waals surface area contributed by atoms with Crippen molar-refractivity contribution in [2.24, 2.45) is 0 Å². The van der Waals surface area contributed by atoms with E-state index in [9.17, 15) is 9.59 Å². The predicted octanol–water partition coefficient (Wildman–Crippen LogP) is 2.55. The summed E-state index contributed by atoms with van der Waals surface area (Å²) in [5.41, 5.74) is 1.77. The number of methoxy groups -OCH3 is 1. The highest BCUT2D eigenvalue weighted by molar-refractivity contribution is 5.98. The lowest BCUT2D eigenvalue weighted by atomic mass is 10.0. The van der Waals surface area contributed by atoms with Crippen molar-refractivity contribution < 1.29 is 14.3 Å². The number of tetrazole rings is 1. The first-order valence-electron chi connectivity index (χ1n) is 9.48. The van der Waals surface area contributed by atoms with Crippen molar-refractivity contribution in [1.82, 2.24) is 25.1 Å². The largest absolute Gasteiger partial charge is 0.494 e. The van der Waals surface area contributed by atoms with Gasteiger partial charge in [-0.15, -0.1) is 5.10 Å². The first-order valence-corrected chi connectivity index (χ1v) is 9.48. The third kappa shape index (κ3) is 3.87. The van der Waals surface area contributed by atoms with Gasteiger partial charge in [0.1, 0.15) is 17.8 Å². The lowest BCUT2D eigenvalue weighted by molar-refractivity contribution is 0.0717. The number of hydrogen-bond acceptors (Lipinski definition) is 6. The Morgan fingerprint density at radius 3 is 2.69 bits per heavy atom.